The van der Waals surface area contributed by atoms with Gasteiger partial charge in [0.25, 0.3) is 5.56 Å². The second-order valence-corrected chi connectivity index (χ2v) is 9.13. The fourth-order valence-corrected chi connectivity index (χ4v) is 4.92. The summed E-state index contributed by atoms with van der Waals surface area (Å²) in [7, 11) is 1.27. The molecule has 2 aromatic carbocycles. The fourth-order valence-electron chi connectivity index (χ4n) is 4.11. The van der Waals surface area contributed by atoms with Gasteiger partial charge in [0.15, 0.2) is 5.16 Å². The second-order valence-electron chi connectivity index (χ2n) is 8.19. The van der Waals surface area contributed by atoms with Crippen molar-refractivity contribution >= 4 is 34.5 Å². The largest absolute Gasteiger partial charge is 0.468 e. The molecule has 1 N–H and O–H groups in total. The van der Waals surface area contributed by atoms with Crippen LogP contribution in [0.3, 0.4) is 0 Å². The first-order valence-electron chi connectivity index (χ1n) is 11.1. The maximum absolute atomic E-state index is 12.9. The average Bonchev–Trinajstić information content (AvgIpc) is 2.84. The lowest BCUT2D eigenvalue weighted by atomic mass is 9.89. The number of nitrogens with one attached hydrogen (secondary N) is 1. The van der Waals surface area contributed by atoms with Crippen LogP contribution in [0.2, 0.25) is 0 Å². The van der Waals surface area contributed by atoms with E-state index < -0.39 is 5.97 Å². The van der Waals surface area contributed by atoms with E-state index in [1.165, 1.54) is 35.6 Å². The summed E-state index contributed by atoms with van der Waals surface area (Å²) in [5.74, 6) is -0.653. The molecule has 1 aliphatic rings. The van der Waals surface area contributed by atoms with Crippen LogP contribution in [0.1, 0.15) is 42.5 Å². The molecular formula is C25H27N3O4S. The molecule has 1 aliphatic carbocycles. The fraction of sp³-hybridized carbons (Fsp3) is 0.360. The van der Waals surface area contributed by atoms with Crippen LogP contribution in [-0.2, 0) is 33.7 Å². The number of aromatic nitrogens is 2. The Bertz CT molecular complexity index is 1250. The molecule has 4 rings (SSSR count). The van der Waals surface area contributed by atoms with Gasteiger partial charge in [0, 0.05) is 0 Å². The Morgan fingerprint density at radius 1 is 1.15 bits per heavy atom. The van der Waals surface area contributed by atoms with Crippen molar-refractivity contribution in [2.24, 2.45) is 0 Å². The zero-order chi connectivity index (χ0) is 23.4. The minimum atomic E-state index is -0.554. The van der Waals surface area contributed by atoms with Gasteiger partial charge in [-0.3, -0.25) is 19.0 Å². The normalized spacial score (nSPS) is 13.9. The molecule has 1 amide bonds. The number of fused-ring (bicyclic) bond motifs is 2. The Kier molecular flexibility index (Phi) is 7.13. The molecule has 0 bridgehead atoms. The Morgan fingerprint density at radius 2 is 1.91 bits per heavy atom. The Labute approximate surface area is 196 Å². The van der Waals surface area contributed by atoms with Crippen LogP contribution < -0.4 is 10.9 Å². The molecule has 0 saturated carbocycles. The number of esters is 1. The SMILES string of the molecule is COC(=O)Cn1c(SCC(=O)NC(C)c2ccc3c(c2)CCCC3)nc2ccccc2c1=O. The van der Waals surface area contributed by atoms with E-state index >= 15 is 0 Å². The van der Waals surface area contributed by atoms with Crippen LogP contribution in [-0.4, -0.2) is 34.3 Å². The molecule has 0 radical (unpaired) electrons. The summed E-state index contributed by atoms with van der Waals surface area (Å²) in [4.78, 5) is 42.0. The number of benzene rings is 2. The van der Waals surface area contributed by atoms with Crippen molar-refractivity contribution in [1.29, 1.82) is 0 Å². The monoisotopic (exact) mass is 465 g/mol. The first kappa shape index (κ1) is 23.0. The summed E-state index contributed by atoms with van der Waals surface area (Å²) in [6, 6.07) is 13.3. The standard InChI is InChI=1S/C25H27N3O4S/c1-16(18-12-11-17-7-3-4-8-19(17)13-18)26-22(29)15-33-25-27-21-10-6-5-9-20(21)24(31)28(25)14-23(30)32-2/h5-6,9-13,16H,3-4,7-8,14-15H2,1-2H3,(H,26,29). The lowest BCUT2D eigenvalue weighted by Gasteiger charge is -2.20. The van der Waals surface area contributed by atoms with Gasteiger partial charge in [-0.2, -0.15) is 0 Å². The molecule has 0 aliphatic heterocycles. The number of para-hydroxylation sites is 1. The van der Waals surface area contributed by atoms with E-state index in [9.17, 15) is 14.4 Å². The summed E-state index contributed by atoms with van der Waals surface area (Å²) >= 11 is 1.13. The van der Waals surface area contributed by atoms with Gasteiger partial charge in [-0.05, 0) is 61.4 Å². The topological polar surface area (TPSA) is 90.3 Å². The molecule has 1 unspecified atom stereocenters. The molecule has 1 atom stereocenters. The van der Waals surface area contributed by atoms with Crippen molar-refractivity contribution in [2.75, 3.05) is 12.9 Å². The van der Waals surface area contributed by atoms with Crippen molar-refractivity contribution in [2.45, 2.75) is 50.4 Å². The van der Waals surface area contributed by atoms with Gasteiger partial charge in [-0.15, -0.1) is 0 Å². The lowest BCUT2D eigenvalue weighted by Crippen LogP contribution is -2.30. The number of thioether (sulfide) groups is 1. The number of carbonyl (C=O) groups excluding carboxylic acids is 2. The van der Waals surface area contributed by atoms with Gasteiger partial charge >= 0.3 is 5.97 Å². The number of methoxy groups -OCH3 is 1. The Morgan fingerprint density at radius 3 is 2.70 bits per heavy atom. The summed E-state index contributed by atoms with van der Waals surface area (Å²) in [6.07, 6.45) is 4.66. The van der Waals surface area contributed by atoms with Crippen LogP contribution in [0, 0.1) is 0 Å². The maximum atomic E-state index is 12.9. The summed E-state index contributed by atoms with van der Waals surface area (Å²) in [6.45, 7) is 1.71. The van der Waals surface area contributed by atoms with Crippen LogP contribution in [0.4, 0.5) is 0 Å². The van der Waals surface area contributed by atoms with Gasteiger partial charge < -0.3 is 10.1 Å². The van der Waals surface area contributed by atoms with Crippen molar-refractivity contribution in [3.05, 3.63) is 69.5 Å². The lowest BCUT2D eigenvalue weighted by molar-refractivity contribution is -0.141. The van der Waals surface area contributed by atoms with Gasteiger partial charge in [-0.1, -0.05) is 42.1 Å². The average molecular weight is 466 g/mol. The quantitative estimate of drug-likeness (QED) is 0.327. The van der Waals surface area contributed by atoms with E-state index in [4.69, 9.17) is 4.74 Å². The van der Waals surface area contributed by atoms with E-state index in [-0.39, 0.29) is 29.8 Å². The molecule has 7 nitrogen and oxygen atoms in total. The van der Waals surface area contributed by atoms with E-state index in [0.717, 1.165) is 30.2 Å². The molecular weight excluding hydrogens is 438 g/mol. The summed E-state index contributed by atoms with van der Waals surface area (Å²) in [5.41, 5.74) is 4.05. The van der Waals surface area contributed by atoms with E-state index in [0.29, 0.717) is 16.1 Å². The molecule has 0 fully saturated rings. The highest BCUT2D eigenvalue weighted by molar-refractivity contribution is 7.99. The molecule has 33 heavy (non-hydrogen) atoms. The first-order chi connectivity index (χ1) is 16.0. The highest BCUT2D eigenvalue weighted by atomic mass is 32.2. The summed E-state index contributed by atoms with van der Waals surface area (Å²) < 4.78 is 5.99. The molecule has 0 spiro atoms. The van der Waals surface area contributed by atoms with Gasteiger partial charge in [-0.25, -0.2) is 4.98 Å². The number of hydrogen-bond acceptors (Lipinski definition) is 6. The number of aryl methyl sites for hydroxylation is 2. The zero-order valence-electron chi connectivity index (χ0n) is 18.8. The number of rotatable bonds is 7. The van der Waals surface area contributed by atoms with Crippen molar-refractivity contribution < 1.29 is 14.3 Å². The maximum Gasteiger partial charge on any atom is 0.325 e. The molecule has 0 saturated heterocycles. The van der Waals surface area contributed by atoms with Crippen LogP contribution in [0.25, 0.3) is 10.9 Å². The number of hydrogen-bond donors (Lipinski definition) is 1. The van der Waals surface area contributed by atoms with Gasteiger partial charge in [0.1, 0.15) is 6.54 Å². The smallest absolute Gasteiger partial charge is 0.325 e. The number of amides is 1. The predicted molar refractivity (Wildman–Crippen MR) is 128 cm³/mol. The highest BCUT2D eigenvalue weighted by Crippen LogP contribution is 2.25. The van der Waals surface area contributed by atoms with E-state index in [1.807, 2.05) is 6.92 Å². The third-order valence-corrected chi connectivity index (χ3v) is 6.90. The molecule has 3 aromatic rings. The second kappa shape index (κ2) is 10.2. The van der Waals surface area contributed by atoms with Crippen molar-refractivity contribution in [3.63, 3.8) is 0 Å². The van der Waals surface area contributed by atoms with Crippen LogP contribution in [0.5, 0.6) is 0 Å². The van der Waals surface area contributed by atoms with Gasteiger partial charge in [0.05, 0.1) is 29.8 Å². The number of ether oxygens (including phenoxy) is 1. The van der Waals surface area contributed by atoms with E-state index in [2.05, 4.69) is 28.5 Å². The Balaban J connectivity index is 1.48. The van der Waals surface area contributed by atoms with Crippen LogP contribution >= 0.6 is 11.8 Å². The zero-order valence-corrected chi connectivity index (χ0v) is 19.6. The molecule has 1 heterocycles. The summed E-state index contributed by atoms with van der Waals surface area (Å²) in [5, 5.41) is 3.75. The van der Waals surface area contributed by atoms with E-state index in [1.54, 1.807) is 24.3 Å². The highest BCUT2D eigenvalue weighted by Gasteiger charge is 2.18. The van der Waals surface area contributed by atoms with Gasteiger partial charge in [0.2, 0.25) is 5.91 Å². The van der Waals surface area contributed by atoms with Crippen molar-refractivity contribution in [3.8, 4) is 0 Å². The molecule has 172 valence electrons. The number of carbonyl (C=O) groups is 2. The third-order valence-electron chi connectivity index (χ3n) is 5.92. The first-order valence-corrected chi connectivity index (χ1v) is 12.0. The molecule has 1 aromatic heterocycles. The van der Waals surface area contributed by atoms with Crippen molar-refractivity contribution in [1.82, 2.24) is 14.9 Å². The third kappa shape index (κ3) is 5.27. The number of nitrogens with zero attached hydrogens (tertiary/aromatic N) is 2. The predicted octanol–water partition coefficient (Wildman–Crippen LogP) is 3.42. The van der Waals surface area contributed by atoms with Crippen LogP contribution in [0.15, 0.2) is 52.4 Å². The molecule has 8 heteroatoms. The minimum absolute atomic E-state index is 0.0707. The Hall–Kier alpha value is -3.13. The minimum Gasteiger partial charge on any atom is -0.468 e.